The van der Waals surface area contributed by atoms with Crippen LogP contribution in [0.3, 0.4) is 0 Å². The molecule has 0 aliphatic rings. The Morgan fingerprint density at radius 3 is 2.21 bits per heavy atom. The van der Waals surface area contributed by atoms with Gasteiger partial charge in [-0.25, -0.2) is 0 Å². The van der Waals surface area contributed by atoms with Crippen LogP contribution >= 0.6 is 15.9 Å². The highest BCUT2D eigenvalue weighted by atomic mass is 79.9. The molecule has 0 radical (unpaired) electrons. The van der Waals surface area contributed by atoms with Gasteiger partial charge < -0.3 is 9.13 Å². The molecule has 0 saturated heterocycles. The summed E-state index contributed by atoms with van der Waals surface area (Å²) in [6.07, 6.45) is 3.51. The first-order valence-corrected chi connectivity index (χ1v) is 6.32. The second kappa shape index (κ2) is 5.31. The average Bonchev–Trinajstić information content (AvgIpc) is 2.91. The summed E-state index contributed by atoms with van der Waals surface area (Å²) in [5.41, 5.74) is 5.66. The first kappa shape index (κ1) is 13.4. The minimum Gasteiger partial charge on any atom is -0.347 e. The van der Waals surface area contributed by atoms with Crippen molar-refractivity contribution in [2.45, 2.75) is 0 Å². The van der Waals surface area contributed by atoms with Crippen molar-refractivity contribution >= 4 is 27.7 Å². The fourth-order valence-electron chi connectivity index (χ4n) is 1.69. The zero-order valence-electron chi connectivity index (χ0n) is 10.5. The van der Waals surface area contributed by atoms with Crippen molar-refractivity contribution in [1.29, 1.82) is 0 Å². The molecule has 2 aromatic heterocycles. The van der Waals surface area contributed by atoms with Crippen molar-refractivity contribution in [3.8, 4) is 0 Å². The van der Waals surface area contributed by atoms with Crippen LogP contribution in [0, 0.1) is 0 Å². The molecule has 0 spiro atoms. The summed E-state index contributed by atoms with van der Waals surface area (Å²) in [4.78, 5) is 23.7. The molecule has 7 heteroatoms. The maximum Gasteiger partial charge on any atom is 0.286 e. The van der Waals surface area contributed by atoms with E-state index in [0.29, 0.717) is 11.4 Å². The number of hydrazine groups is 1. The van der Waals surface area contributed by atoms with E-state index in [1.54, 1.807) is 53.8 Å². The molecule has 0 unspecified atom stereocenters. The van der Waals surface area contributed by atoms with Crippen LogP contribution in [-0.4, -0.2) is 20.9 Å². The predicted molar refractivity (Wildman–Crippen MR) is 73.5 cm³/mol. The lowest BCUT2D eigenvalue weighted by Gasteiger charge is -2.08. The van der Waals surface area contributed by atoms with Gasteiger partial charge in [-0.15, -0.1) is 0 Å². The number of halogens is 1. The second-order valence-electron chi connectivity index (χ2n) is 4.07. The molecule has 2 rings (SSSR count). The van der Waals surface area contributed by atoms with Crippen LogP contribution < -0.4 is 10.9 Å². The van der Waals surface area contributed by atoms with E-state index >= 15 is 0 Å². The summed E-state index contributed by atoms with van der Waals surface area (Å²) in [7, 11) is 3.50. The number of nitrogens with zero attached hydrogens (tertiary/aromatic N) is 2. The van der Waals surface area contributed by atoms with E-state index in [1.807, 2.05) is 0 Å². The van der Waals surface area contributed by atoms with Gasteiger partial charge in [0.05, 0.1) is 0 Å². The van der Waals surface area contributed by atoms with Crippen LogP contribution in [0.1, 0.15) is 21.0 Å². The van der Waals surface area contributed by atoms with E-state index in [1.165, 1.54) is 0 Å². The number of hydrogen-bond donors (Lipinski definition) is 2. The second-order valence-corrected chi connectivity index (χ2v) is 4.98. The summed E-state index contributed by atoms with van der Waals surface area (Å²) in [6.45, 7) is 0. The highest BCUT2D eigenvalue weighted by Crippen LogP contribution is 2.13. The Labute approximate surface area is 118 Å². The molecule has 2 amide bonds. The molecule has 0 aliphatic heterocycles. The molecular weight excluding hydrogens is 312 g/mol. The van der Waals surface area contributed by atoms with Crippen LogP contribution in [0.4, 0.5) is 0 Å². The number of carbonyl (C=O) groups excluding carboxylic acids is 2. The van der Waals surface area contributed by atoms with E-state index in [-0.39, 0.29) is 11.8 Å². The maximum absolute atomic E-state index is 11.9. The molecule has 100 valence electrons. The van der Waals surface area contributed by atoms with E-state index in [2.05, 4.69) is 26.8 Å². The molecule has 0 fully saturated rings. The molecule has 2 N–H and O–H groups in total. The fourth-order valence-corrected chi connectivity index (χ4v) is 2.21. The zero-order chi connectivity index (χ0) is 14.0. The summed E-state index contributed by atoms with van der Waals surface area (Å²) < 4.78 is 4.13. The molecule has 2 aromatic rings. The topological polar surface area (TPSA) is 68.1 Å². The van der Waals surface area contributed by atoms with E-state index in [9.17, 15) is 9.59 Å². The monoisotopic (exact) mass is 324 g/mol. The minimum absolute atomic E-state index is 0.367. The van der Waals surface area contributed by atoms with Gasteiger partial charge in [0.2, 0.25) is 0 Å². The predicted octanol–water partition coefficient (Wildman–Crippen LogP) is 1.20. The molecule has 0 saturated carbocycles. The smallest absolute Gasteiger partial charge is 0.286 e. The number of rotatable bonds is 2. The first-order valence-electron chi connectivity index (χ1n) is 5.53. The number of carbonyl (C=O) groups is 2. The Morgan fingerprint density at radius 2 is 1.74 bits per heavy atom. The molecule has 0 aliphatic carbocycles. The standard InChI is InChI=1S/C12H13BrN4O2/c1-16-5-3-4-9(16)11(18)14-15-12(19)10-6-8(13)7-17(10)2/h3-7H,1-2H3,(H,14,18)(H,15,19). The van der Waals surface area contributed by atoms with Gasteiger partial charge >= 0.3 is 0 Å². The lowest BCUT2D eigenvalue weighted by atomic mass is 10.4. The van der Waals surface area contributed by atoms with Gasteiger partial charge in [0.15, 0.2) is 0 Å². The van der Waals surface area contributed by atoms with E-state index in [0.717, 1.165) is 4.47 Å². The van der Waals surface area contributed by atoms with Crippen LogP contribution in [0.5, 0.6) is 0 Å². The third-order valence-electron chi connectivity index (χ3n) is 2.67. The summed E-state index contributed by atoms with van der Waals surface area (Å²) in [5.74, 6) is -0.745. The molecule has 0 atom stereocenters. The van der Waals surface area contributed by atoms with Crippen molar-refractivity contribution in [2.24, 2.45) is 14.1 Å². The van der Waals surface area contributed by atoms with Crippen molar-refractivity contribution in [1.82, 2.24) is 20.0 Å². The fraction of sp³-hybridized carbons (Fsp3) is 0.167. The number of aryl methyl sites for hydroxylation is 2. The number of hydrogen-bond acceptors (Lipinski definition) is 2. The Balaban J connectivity index is 2.00. The molecule has 0 aromatic carbocycles. The Morgan fingerprint density at radius 1 is 1.11 bits per heavy atom. The summed E-state index contributed by atoms with van der Waals surface area (Å²) in [6, 6.07) is 5.09. The summed E-state index contributed by atoms with van der Waals surface area (Å²) in [5, 5.41) is 0. The van der Waals surface area contributed by atoms with Gasteiger partial charge in [-0.2, -0.15) is 0 Å². The maximum atomic E-state index is 11.9. The molecule has 0 bridgehead atoms. The van der Waals surface area contributed by atoms with Gasteiger partial charge in [0.1, 0.15) is 11.4 Å². The lowest BCUT2D eigenvalue weighted by Crippen LogP contribution is -2.42. The molecule has 19 heavy (non-hydrogen) atoms. The zero-order valence-corrected chi connectivity index (χ0v) is 12.1. The summed E-state index contributed by atoms with van der Waals surface area (Å²) >= 11 is 3.28. The lowest BCUT2D eigenvalue weighted by molar-refractivity contribution is 0.0837. The van der Waals surface area contributed by atoms with Gasteiger partial charge in [0, 0.05) is 31.0 Å². The van der Waals surface area contributed by atoms with Gasteiger partial charge in [-0.3, -0.25) is 20.4 Å². The first-order chi connectivity index (χ1) is 8.99. The SMILES string of the molecule is Cn1cccc1C(=O)NNC(=O)c1cc(Br)cn1C. The quantitative estimate of drug-likeness (QED) is 0.815. The third-order valence-corrected chi connectivity index (χ3v) is 3.10. The van der Waals surface area contributed by atoms with Crippen molar-refractivity contribution in [3.05, 3.63) is 46.5 Å². The highest BCUT2D eigenvalue weighted by molar-refractivity contribution is 9.10. The van der Waals surface area contributed by atoms with E-state index in [4.69, 9.17) is 0 Å². The van der Waals surface area contributed by atoms with Gasteiger partial charge in [-0.05, 0) is 34.1 Å². The Bertz CT molecular complexity index is 629. The third kappa shape index (κ3) is 2.87. The minimum atomic E-state index is -0.379. The van der Waals surface area contributed by atoms with E-state index < -0.39 is 0 Å². The van der Waals surface area contributed by atoms with Crippen molar-refractivity contribution in [3.63, 3.8) is 0 Å². The van der Waals surface area contributed by atoms with Crippen LogP contribution in [0.15, 0.2) is 35.1 Å². The number of amides is 2. The molecular formula is C12H13BrN4O2. The van der Waals surface area contributed by atoms with Gasteiger partial charge in [0.25, 0.3) is 11.8 Å². The Kier molecular flexibility index (Phi) is 3.75. The highest BCUT2D eigenvalue weighted by Gasteiger charge is 2.13. The van der Waals surface area contributed by atoms with Crippen LogP contribution in [0.25, 0.3) is 0 Å². The molecule has 2 heterocycles. The average molecular weight is 325 g/mol. The van der Waals surface area contributed by atoms with Crippen molar-refractivity contribution in [2.75, 3.05) is 0 Å². The van der Waals surface area contributed by atoms with Crippen LogP contribution in [-0.2, 0) is 14.1 Å². The molecule has 6 nitrogen and oxygen atoms in total. The largest absolute Gasteiger partial charge is 0.347 e. The van der Waals surface area contributed by atoms with Crippen molar-refractivity contribution < 1.29 is 9.59 Å². The number of nitrogens with one attached hydrogen (secondary N) is 2. The van der Waals surface area contributed by atoms with Gasteiger partial charge in [-0.1, -0.05) is 0 Å². The van der Waals surface area contributed by atoms with Crippen LogP contribution in [0.2, 0.25) is 0 Å². The Hall–Kier alpha value is -2.02. The normalized spacial score (nSPS) is 10.3. The number of aromatic nitrogens is 2.